The van der Waals surface area contributed by atoms with Crippen molar-refractivity contribution in [2.75, 3.05) is 12.4 Å². The summed E-state index contributed by atoms with van der Waals surface area (Å²) >= 11 is -1.05. The number of phosphoric ester groups is 1. The summed E-state index contributed by atoms with van der Waals surface area (Å²) in [5, 5.41) is 2.56. The Hall–Kier alpha value is -0.890. The van der Waals surface area contributed by atoms with E-state index in [0.29, 0.717) is 17.1 Å². The van der Waals surface area contributed by atoms with E-state index < -0.39 is 25.0 Å². The molecule has 0 aromatic heterocycles. The minimum absolute atomic E-state index is 0.196. The van der Waals surface area contributed by atoms with Crippen molar-refractivity contribution < 1.29 is 28.2 Å². The molecular formula is C12H18NO6PS. The van der Waals surface area contributed by atoms with Gasteiger partial charge in [0, 0.05) is 0 Å². The third-order valence-corrected chi connectivity index (χ3v) is 4.58. The summed E-state index contributed by atoms with van der Waals surface area (Å²) in [4.78, 5) is 28.5. The molecule has 0 bridgehead atoms. The summed E-state index contributed by atoms with van der Waals surface area (Å²) in [7, 11) is -4.51. The number of carbonyl (C=O) groups excluding carboxylic acids is 1. The molecule has 0 saturated heterocycles. The van der Waals surface area contributed by atoms with Gasteiger partial charge in [-0.1, -0.05) is 12.1 Å². The van der Waals surface area contributed by atoms with Crippen molar-refractivity contribution in [2.45, 2.75) is 24.3 Å². The van der Waals surface area contributed by atoms with E-state index in [-0.39, 0.29) is 13.0 Å². The smallest absolute Gasteiger partial charge is 0.469 e. The monoisotopic (exact) mass is 335 g/mol. The average Bonchev–Trinajstić information content (AvgIpc) is 2.44. The predicted octanol–water partition coefficient (Wildman–Crippen LogP) is 1.10. The van der Waals surface area contributed by atoms with Crippen LogP contribution in [-0.4, -0.2) is 33.1 Å². The van der Waals surface area contributed by atoms with Crippen LogP contribution >= 0.6 is 7.82 Å². The molecule has 2 atom stereocenters. The van der Waals surface area contributed by atoms with E-state index >= 15 is 0 Å². The molecular weight excluding hydrogens is 317 g/mol. The van der Waals surface area contributed by atoms with Crippen LogP contribution in [-0.2, 0) is 25.1 Å². The van der Waals surface area contributed by atoms with E-state index in [9.17, 15) is 13.9 Å². The summed E-state index contributed by atoms with van der Waals surface area (Å²) < 4.78 is 26.6. The first-order chi connectivity index (χ1) is 9.87. The molecule has 0 aliphatic rings. The molecule has 0 fully saturated rings. The quantitative estimate of drug-likeness (QED) is 0.353. The zero-order valence-corrected chi connectivity index (χ0v) is 13.2. The Balaban J connectivity index is 2.71. The SMILES string of the molecule is CC[S+]([O-])c1ccc([C@H](CCOP(=O)(O)O)NC=O)cc1. The molecule has 1 aromatic carbocycles. The second-order valence-electron chi connectivity index (χ2n) is 4.15. The highest BCUT2D eigenvalue weighted by molar-refractivity contribution is 7.91. The highest BCUT2D eigenvalue weighted by atomic mass is 32.2. The van der Waals surface area contributed by atoms with E-state index in [1.165, 1.54) is 0 Å². The molecule has 7 nitrogen and oxygen atoms in total. The summed E-state index contributed by atoms with van der Waals surface area (Å²) in [5.74, 6) is 0.519. The molecule has 1 aromatic rings. The normalized spacial score (nSPS) is 14.5. The van der Waals surface area contributed by atoms with Crippen molar-refractivity contribution in [1.29, 1.82) is 0 Å². The molecule has 0 aliphatic heterocycles. The first-order valence-electron chi connectivity index (χ1n) is 6.25. The van der Waals surface area contributed by atoms with Crippen LogP contribution < -0.4 is 5.32 Å². The first kappa shape index (κ1) is 18.2. The highest BCUT2D eigenvalue weighted by Gasteiger charge is 2.17. The Bertz CT molecular complexity index is 491. The molecule has 21 heavy (non-hydrogen) atoms. The lowest BCUT2D eigenvalue weighted by atomic mass is 10.0. The number of amides is 1. The van der Waals surface area contributed by atoms with Crippen molar-refractivity contribution in [2.24, 2.45) is 0 Å². The Labute approximate surface area is 126 Å². The number of hydrogen-bond donors (Lipinski definition) is 3. The van der Waals surface area contributed by atoms with Crippen molar-refractivity contribution >= 4 is 25.4 Å². The molecule has 0 saturated carbocycles. The van der Waals surface area contributed by atoms with Gasteiger partial charge in [0.2, 0.25) is 6.41 Å². The van der Waals surface area contributed by atoms with Crippen LogP contribution in [0, 0.1) is 0 Å². The maximum atomic E-state index is 11.6. The Kier molecular flexibility index (Phi) is 7.37. The second kappa shape index (κ2) is 8.53. The van der Waals surface area contributed by atoms with Crippen LogP contribution in [0.5, 0.6) is 0 Å². The van der Waals surface area contributed by atoms with Crippen LogP contribution in [0.1, 0.15) is 24.9 Å². The predicted molar refractivity (Wildman–Crippen MR) is 77.9 cm³/mol. The summed E-state index contributed by atoms with van der Waals surface area (Å²) in [6.45, 7) is 1.62. The molecule has 0 radical (unpaired) electrons. The van der Waals surface area contributed by atoms with Crippen LogP contribution in [0.2, 0.25) is 0 Å². The van der Waals surface area contributed by atoms with Crippen molar-refractivity contribution in [1.82, 2.24) is 5.32 Å². The van der Waals surface area contributed by atoms with Gasteiger partial charge in [-0.3, -0.25) is 9.32 Å². The van der Waals surface area contributed by atoms with Gasteiger partial charge in [0.25, 0.3) is 0 Å². The van der Waals surface area contributed by atoms with Gasteiger partial charge < -0.3 is 19.7 Å². The second-order valence-corrected chi connectivity index (χ2v) is 7.13. The van der Waals surface area contributed by atoms with Crippen molar-refractivity contribution in [3.05, 3.63) is 29.8 Å². The highest BCUT2D eigenvalue weighted by Crippen LogP contribution is 2.36. The lowest BCUT2D eigenvalue weighted by Gasteiger charge is -2.17. The Morgan fingerprint density at radius 1 is 1.43 bits per heavy atom. The van der Waals surface area contributed by atoms with Gasteiger partial charge in [0.05, 0.1) is 12.6 Å². The van der Waals surface area contributed by atoms with E-state index in [1.807, 2.05) is 6.92 Å². The first-order valence-corrected chi connectivity index (χ1v) is 9.10. The van der Waals surface area contributed by atoms with E-state index in [1.54, 1.807) is 24.3 Å². The summed E-state index contributed by atoms with van der Waals surface area (Å²) in [6.07, 6.45) is 0.723. The molecule has 3 N–H and O–H groups in total. The van der Waals surface area contributed by atoms with Gasteiger partial charge in [-0.15, -0.1) is 0 Å². The number of phosphoric acid groups is 1. The van der Waals surface area contributed by atoms with Crippen LogP contribution in [0.4, 0.5) is 0 Å². The largest absolute Gasteiger partial charge is 0.611 e. The maximum Gasteiger partial charge on any atom is 0.469 e. The number of carbonyl (C=O) groups is 1. The number of hydrogen-bond acceptors (Lipinski definition) is 4. The van der Waals surface area contributed by atoms with Gasteiger partial charge in [0.1, 0.15) is 5.75 Å². The molecule has 1 amide bonds. The summed E-state index contributed by atoms with van der Waals surface area (Å²) in [5.41, 5.74) is 0.744. The van der Waals surface area contributed by atoms with Crippen molar-refractivity contribution in [3.8, 4) is 0 Å². The molecule has 9 heteroatoms. The molecule has 118 valence electrons. The fraction of sp³-hybridized carbons (Fsp3) is 0.417. The average molecular weight is 335 g/mol. The third kappa shape index (κ3) is 6.60. The topological polar surface area (TPSA) is 119 Å². The summed E-state index contributed by atoms with van der Waals surface area (Å²) in [6, 6.07) is 6.43. The van der Waals surface area contributed by atoms with Crippen LogP contribution in [0.3, 0.4) is 0 Å². The molecule has 1 rings (SSSR count). The van der Waals surface area contributed by atoms with Crippen LogP contribution in [0.15, 0.2) is 29.2 Å². The lowest BCUT2D eigenvalue weighted by Crippen LogP contribution is -2.21. The fourth-order valence-corrected chi connectivity index (χ4v) is 2.85. The number of benzene rings is 1. The van der Waals surface area contributed by atoms with E-state index in [0.717, 1.165) is 5.56 Å². The number of nitrogens with one attached hydrogen (secondary N) is 1. The minimum Gasteiger partial charge on any atom is -0.611 e. The zero-order chi connectivity index (χ0) is 15.9. The van der Waals surface area contributed by atoms with Gasteiger partial charge in [-0.25, -0.2) is 4.57 Å². The lowest BCUT2D eigenvalue weighted by molar-refractivity contribution is -0.110. The Morgan fingerprint density at radius 3 is 2.52 bits per heavy atom. The van der Waals surface area contributed by atoms with E-state index in [4.69, 9.17) is 9.79 Å². The molecule has 0 aliphatic carbocycles. The minimum atomic E-state index is -4.51. The van der Waals surface area contributed by atoms with Crippen LogP contribution in [0.25, 0.3) is 0 Å². The van der Waals surface area contributed by atoms with E-state index in [2.05, 4.69) is 9.84 Å². The van der Waals surface area contributed by atoms with Gasteiger partial charge in [-0.2, -0.15) is 0 Å². The molecule has 1 unspecified atom stereocenters. The Morgan fingerprint density at radius 2 is 2.05 bits per heavy atom. The molecule has 0 spiro atoms. The third-order valence-electron chi connectivity index (χ3n) is 2.74. The zero-order valence-electron chi connectivity index (χ0n) is 11.5. The van der Waals surface area contributed by atoms with Crippen molar-refractivity contribution in [3.63, 3.8) is 0 Å². The fourth-order valence-electron chi connectivity index (χ4n) is 1.74. The maximum absolute atomic E-state index is 11.6. The van der Waals surface area contributed by atoms with Gasteiger partial charge in [0.15, 0.2) is 4.90 Å². The molecule has 0 heterocycles. The standard InChI is InChI=1S/C12H18NO6PS/c1-2-21(18)11-5-3-10(4-6-11)12(13-9-14)7-8-19-20(15,16)17/h3-6,9,12H,2,7-8H2,1H3,(H,13,14)(H2,15,16,17)/t12-,21?/m0/s1. The van der Waals surface area contributed by atoms with Gasteiger partial charge >= 0.3 is 7.82 Å². The number of rotatable bonds is 9. The van der Waals surface area contributed by atoms with Gasteiger partial charge in [-0.05, 0) is 42.2 Å².